The zero-order chi connectivity index (χ0) is 19.1. The Labute approximate surface area is 158 Å². The zero-order valence-corrected chi connectivity index (χ0v) is 15.8. The van der Waals surface area contributed by atoms with E-state index in [9.17, 15) is 9.59 Å². The molecule has 6 nitrogen and oxygen atoms in total. The van der Waals surface area contributed by atoms with Crippen LogP contribution in [0.1, 0.15) is 6.92 Å². The fraction of sp³-hybridized carbons (Fsp3) is 0.263. The van der Waals surface area contributed by atoms with Gasteiger partial charge in [-0.05, 0) is 43.3 Å². The molecule has 2 amide bonds. The monoisotopic (exact) mass is 376 g/mol. The highest BCUT2D eigenvalue weighted by Gasteiger charge is 2.24. The van der Waals surface area contributed by atoms with Crippen molar-refractivity contribution in [1.29, 1.82) is 0 Å². The van der Waals surface area contributed by atoms with Gasteiger partial charge in [0.1, 0.15) is 5.75 Å². The summed E-state index contributed by atoms with van der Waals surface area (Å²) in [7, 11) is 3.37. The van der Waals surface area contributed by atoms with E-state index < -0.39 is 6.04 Å². The molecule has 2 aromatic rings. The summed E-state index contributed by atoms with van der Waals surface area (Å²) in [5.74, 6) is 0.320. The molecule has 0 heterocycles. The minimum Gasteiger partial charge on any atom is -0.497 e. The number of halogens is 1. The Hall–Kier alpha value is -2.57. The summed E-state index contributed by atoms with van der Waals surface area (Å²) in [6.45, 7) is 1.94. The van der Waals surface area contributed by atoms with E-state index in [0.29, 0.717) is 22.1 Å². The van der Waals surface area contributed by atoms with Crippen molar-refractivity contribution in [3.05, 3.63) is 53.6 Å². The van der Waals surface area contributed by atoms with Crippen LogP contribution in [-0.4, -0.2) is 38.6 Å². The van der Waals surface area contributed by atoms with Crippen molar-refractivity contribution in [1.82, 2.24) is 0 Å². The highest BCUT2D eigenvalue weighted by atomic mass is 35.5. The third kappa shape index (κ3) is 5.75. The summed E-state index contributed by atoms with van der Waals surface area (Å²) in [6.07, 6.45) is 0. The molecule has 0 saturated heterocycles. The van der Waals surface area contributed by atoms with Crippen molar-refractivity contribution in [2.75, 3.05) is 31.3 Å². The number of hydrogen-bond acceptors (Lipinski definition) is 3. The number of likely N-dealkylation sites (N-methyl/N-ethyl adjacent to an activating group) is 1. The number of rotatable bonds is 7. The van der Waals surface area contributed by atoms with Gasteiger partial charge in [-0.15, -0.1) is 0 Å². The number of hydrogen-bond donors (Lipinski definition) is 3. The van der Waals surface area contributed by atoms with Crippen molar-refractivity contribution < 1.29 is 19.2 Å². The number of quaternary nitrogens is 1. The minimum atomic E-state index is -0.401. The van der Waals surface area contributed by atoms with Crippen LogP contribution in [0.15, 0.2) is 48.5 Å². The average molecular weight is 377 g/mol. The van der Waals surface area contributed by atoms with Crippen LogP contribution < -0.4 is 20.3 Å². The molecule has 0 saturated carbocycles. The molecule has 138 valence electrons. The Morgan fingerprint density at radius 3 is 2.46 bits per heavy atom. The lowest BCUT2D eigenvalue weighted by Crippen LogP contribution is -3.14. The van der Waals surface area contributed by atoms with E-state index in [1.54, 1.807) is 69.6 Å². The van der Waals surface area contributed by atoms with Crippen LogP contribution in [0.4, 0.5) is 11.4 Å². The van der Waals surface area contributed by atoms with Gasteiger partial charge in [0, 0.05) is 22.5 Å². The highest BCUT2D eigenvalue weighted by Crippen LogP contribution is 2.16. The first-order valence-electron chi connectivity index (χ1n) is 8.21. The molecule has 3 N–H and O–H groups in total. The Kier molecular flexibility index (Phi) is 7.00. The van der Waals surface area contributed by atoms with Gasteiger partial charge in [-0.25, -0.2) is 0 Å². The third-order valence-electron chi connectivity index (χ3n) is 4.04. The number of nitrogens with one attached hydrogen (secondary N) is 3. The van der Waals surface area contributed by atoms with Crippen LogP contribution in [-0.2, 0) is 9.59 Å². The number of amides is 2. The minimum absolute atomic E-state index is 0.159. The van der Waals surface area contributed by atoms with Crippen LogP contribution in [0.5, 0.6) is 5.75 Å². The Morgan fingerprint density at radius 2 is 1.81 bits per heavy atom. The molecule has 0 aromatic heterocycles. The molecule has 2 atom stereocenters. The summed E-state index contributed by atoms with van der Waals surface area (Å²) >= 11 is 5.83. The van der Waals surface area contributed by atoms with E-state index in [1.165, 1.54) is 0 Å². The smallest absolute Gasteiger partial charge is 0.282 e. The molecule has 1 unspecified atom stereocenters. The molecule has 0 fully saturated rings. The van der Waals surface area contributed by atoms with Crippen molar-refractivity contribution >= 4 is 34.8 Å². The lowest BCUT2D eigenvalue weighted by Gasteiger charge is -2.20. The van der Waals surface area contributed by atoms with E-state index >= 15 is 0 Å². The fourth-order valence-corrected chi connectivity index (χ4v) is 2.45. The maximum Gasteiger partial charge on any atom is 0.282 e. The second-order valence-electron chi connectivity index (χ2n) is 6.02. The van der Waals surface area contributed by atoms with Crippen LogP contribution in [0.25, 0.3) is 0 Å². The standard InChI is InChI=1S/C19H22ClN3O3/c1-13(19(25)22-15-9-7-14(20)8-10-15)23(2)12-18(24)21-16-5-4-6-17(11-16)26-3/h4-11,13H,12H2,1-3H3,(H,21,24)(H,22,25)/p+1/t13-/m1/s1. The first-order valence-corrected chi connectivity index (χ1v) is 8.59. The first kappa shape index (κ1) is 19.8. The van der Waals surface area contributed by atoms with Gasteiger partial charge >= 0.3 is 0 Å². The van der Waals surface area contributed by atoms with Crippen molar-refractivity contribution in [2.45, 2.75) is 13.0 Å². The topological polar surface area (TPSA) is 71.9 Å². The van der Waals surface area contributed by atoms with Gasteiger partial charge in [0.25, 0.3) is 11.8 Å². The molecule has 7 heteroatoms. The lowest BCUT2D eigenvalue weighted by atomic mass is 10.2. The molecule has 2 aromatic carbocycles. The van der Waals surface area contributed by atoms with E-state index in [1.807, 2.05) is 0 Å². The van der Waals surface area contributed by atoms with Crippen molar-refractivity contribution in [2.24, 2.45) is 0 Å². The Balaban J connectivity index is 1.88. The molecular formula is C19H23ClN3O3+. The second kappa shape index (κ2) is 9.22. The average Bonchev–Trinajstić information content (AvgIpc) is 2.62. The van der Waals surface area contributed by atoms with Crippen LogP contribution in [0.2, 0.25) is 5.02 Å². The van der Waals surface area contributed by atoms with Gasteiger partial charge in [-0.3, -0.25) is 9.59 Å². The van der Waals surface area contributed by atoms with Gasteiger partial charge < -0.3 is 20.3 Å². The largest absolute Gasteiger partial charge is 0.497 e. The van der Waals surface area contributed by atoms with E-state index in [2.05, 4.69) is 10.6 Å². The lowest BCUT2D eigenvalue weighted by molar-refractivity contribution is -0.885. The Bertz CT molecular complexity index is 765. The predicted octanol–water partition coefficient (Wildman–Crippen LogP) is 1.83. The second-order valence-corrected chi connectivity index (χ2v) is 6.46. The van der Waals surface area contributed by atoms with Crippen LogP contribution in [0, 0.1) is 0 Å². The normalized spacial score (nSPS) is 12.8. The first-order chi connectivity index (χ1) is 12.4. The zero-order valence-electron chi connectivity index (χ0n) is 15.0. The molecule has 0 spiro atoms. The summed E-state index contributed by atoms with van der Waals surface area (Å²) in [6, 6.07) is 13.6. The molecule has 26 heavy (non-hydrogen) atoms. The number of carbonyl (C=O) groups excluding carboxylic acids is 2. The SMILES string of the molecule is COc1cccc(NC(=O)C[NH+](C)[C@H](C)C(=O)Nc2ccc(Cl)cc2)c1. The van der Waals surface area contributed by atoms with Gasteiger partial charge in [0.15, 0.2) is 12.6 Å². The molecule has 0 bridgehead atoms. The molecule has 0 aliphatic rings. The van der Waals surface area contributed by atoms with Gasteiger partial charge in [0.2, 0.25) is 0 Å². The summed E-state index contributed by atoms with van der Waals surface area (Å²) in [5, 5.41) is 6.24. The maximum absolute atomic E-state index is 12.3. The number of benzene rings is 2. The van der Waals surface area contributed by atoms with Crippen molar-refractivity contribution in [3.8, 4) is 5.75 Å². The molecular weight excluding hydrogens is 354 g/mol. The summed E-state index contributed by atoms with van der Waals surface area (Å²) in [4.78, 5) is 25.4. The van der Waals surface area contributed by atoms with Crippen molar-refractivity contribution in [3.63, 3.8) is 0 Å². The highest BCUT2D eigenvalue weighted by molar-refractivity contribution is 6.30. The Morgan fingerprint density at radius 1 is 1.12 bits per heavy atom. The van der Waals surface area contributed by atoms with Gasteiger partial charge in [-0.2, -0.15) is 0 Å². The number of anilines is 2. The number of methoxy groups -OCH3 is 1. The van der Waals surface area contributed by atoms with E-state index in [4.69, 9.17) is 16.3 Å². The van der Waals surface area contributed by atoms with Gasteiger partial charge in [-0.1, -0.05) is 17.7 Å². The predicted molar refractivity (Wildman–Crippen MR) is 103 cm³/mol. The summed E-state index contributed by atoms with van der Waals surface area (Å²) in [5.41, 5.74) is 1.32. The number of ether oxygens (including phenoxy) is 1. The van der Waals surface area contributed by atoms with E-state index in [0.717, 1.165) is 4.90 Å². The molecule has 0 radical (unpaired) electrons. The fourth-order valence-electron chi connectivity index (χ4n) is 2.32. The van der Waals surface area contributed by atoms with Gasteiger partial charge in [0.05, 0.1) is 14.2 Å². The molecule has 2 rings (SSSR count). The quantitative estimate of drug-likeness (QED) is 0.690. The van der Waals surface area contributed by atoms with Crippen LogP contribution in [0.3, 0.4) is 0 Å². The summed E-state index contributed by atoms with van der Waals surface area (Å²) < 4.78 is 5.13. The van der Waals surface area contributed by atoms with Crippen LogP contribution >= 0.6 is 11.6 Å². The third-order valence-corrected chi connectivity index (χ3v) is 4.29. The van der Waals surface area contributed by atoms with E-state index in [-0.39, 0.29) is 18.4 Å². The molecule has 0 aliphatic carbocycles. The molecule has 0 aliphatic heterocycles. The number of carbonyl (C=O) groups is 2. The maximum atomic E-state index is 12.3.